The maximum absolute atomic E-state index is 12.4. The predicted octanol–water partition coefficient (Wildman–Crippen LogP) is 2.18. The fraction of sp³-hybridized carbons (Fsp3) is 0.625. The molecule has 5 heteroatoms. The Bertz CT molecular complexity index is 492. The third-order valence-corrected chi connectivity index (χ3v) is 4.33. The Labute approximate surface area is 125 Å². The molecule has 3 rings (SSSR count). The lowest BCUT2D eigenvalue weighted by Crippen LogP contribution is -2.37. The van der Waals surface area contributed by atoms with Crippen LogP contribution in [0.3, 0.4) is 0 Å². The van der Waals surface area contributed by atoms with Gasteiger partial charge in [-0.05, 0) is 25.0 Å². The molecule has 114 valence electrons. The van der Waals surface area contributed by atoms with Crippen molar-refractivity contribution in [3.05, 3.63) is 29.1 Å². The molecule has 2 aliphatic rings. The van der Waals surface area contributed by atoms with Crippen LogP contribution in [-0.2, 0) is 4.74 Å². The van der Waals surface area contributed by atoms with E-state index in [0.717, 1.165) is 55.3 Å². The van der Waals surface area contributed by atoms with E-state index in [-0.39, 0.29) is 6.04 Å². The topological polar surface area (TPSA) is 51.4 Å². The van der Waals surface area contributed by atoms with E-state index < -0.39 is 0 Å². The SMILES string of the molecule is [O-][N+](=Cc1cccnc1N1CCOCC1)C1CCCCC1. The van der Waals surface area contributed by atoms with Crippen molar-refractivity contribution in [1.82, 2.24) is 4.98 Å². The van der Waals surface area contributed by atoms with E-state index in [0.29, 0.717) is 0 Å². The summed E-state index contributed by atoms with van der Waals surface area (Å²) in [7, 11) is 0. The zero-order valence-corrected chi connectivity index (χ0v) is 12.4. The van der Waals surface area contributed by atoms with E-state index in [1.54, 1.807) is 12.4 Å². The number of pyridine rings is 1. The van der Waals surface area contributed by atoms with E-state index in [1.165, 1.54) is 19.3 Å². The third kappa shape index (κ3) is 3.53. The predicted molar refractivity (Wildman–Crippen MR) is 82.9 cm³/mol. The molecule has 0 radical (unpaired) electrons. The molecular formula is C16H23N3O2. The summed E-state index contributed by atoms with van der Waals surface area (Å²) in [6, 6.07) is 4.01. The average molecular weight is 289 g/mol. The quantitative estimate of drug-likeness (QED) is 0.370. The minimum Gasteiger partial charge on any atom is -0.624 e. The van der Waals surface area contributed by atoms with Gasteiger partial charge in [0.05, 0.1) is 18.8 Å². The van der Waals surface area contributed by atoms with E-state index in [1.807, 2.05) is 12.1 Å². The zero-order valence-electron chi connectivity index (χ0n) is 12.4. The fourth-order valence-corrected chi connectivity index (χ4v) is 3.13. The van der Waals surface area contributed by atoms with Crippen molar-refractivity contribution in [2.45, 2.75) is 38.1 Å². The molecule has 0 unspecified atom stereocenters. The van der Waals surface area contributed by atoms with Gasteiger partial charge in [0.1, 0.15) is 5.82 Å². The van der Waals surface area contributed by atoms with E-state index in [4.69, 9.17) is 4.74 Å². The van der Waals surface area contributed by atoms with Gasteiger partial charge in [-0.3, -0.25) is 0 Å². The molecule has 2 fully saturated rings. The average Bonchev–Trinajstić information content (AvgIpc) is 2.57. The summed E-state index contributed by atoms with van der Waals surface area (Å²) in [5.74, 6) is 0.900. The number of rotatable bonds is 3. The molecule has 1 aliphatic heterocycles. The summed E-state index contributed by atoms with van der Waals surface area (Å²) in [5, 5.41) is 12.4. The highest BCUT2D eigenvalue weighted by molar-refractivity contribution is 5.83. The summed E-state index contributed by atoms with van der Waals surface area (Å²) in [6.07, 6.45) is 9.13. The fourth-order valence-electron chi connectivity index (χ4n) is 3.13. The Morgan fingerprint density at radius 1 is 1.24 bits per heavy atom. The van der Waals surface area contributed by atoms with Crippen LogP contribution < -0.4 is 4.90 Å². The first-order valence-electron chi connectivity index (χ1n) is 7.92. The number of morpholine rings is 1. The molecule has 0 bridgehead atoms. The minimum absolute atomic E-state index is 0.136. The lowest BCUT2D eigenvalue weighted by molar-refractivity contribution is -0.500. The maximum atomic E-state index is 12.4. The monoisotopic (exact) mass is 289 g/mol. The number of aromatic nitrogens is 1. The molecule has 0 spiro atoms. The maximum Gasteiger partial charge on any atom is 0.185 e. The lowest BCUT2D eigenvalue weighted by Gasteiger charge is -2.28. The molecule has 0 atom stereocenters. The molecular weight excluding hydrogens is 266 g/mol. The van der Waals surface area contributed by atoms with Gasteiger partial charge in [0.2, 0.25) is 0 Å². The Morgan fingerprint density at radius 3 is 2.76 bits per heavy atom. The van der Waals surface area contributed by atoms with Crippen molar-refractivity contribution in [2.24, 2.45) is 0 Å². The van der Waals surface area contributed by atoms with Gasteiger partial charge in [-0.1, -0.05) is 6.42 Å². The first-order chi connectivity index (χ1) is 10.3. The molecule has 0 N–H and O–H groups in total. The number of ether oxygens (including phenoxy) is 1. The van der Waals surface area contributed by atoms with Crippen molar-refractivity contribution in [1.29, 1.82) is 0 Å². The van der Waals surface area contributed by atoms with Crippen molar-refractivity contribution in [3.8, 4) is 0 Å². The van der Waals surface area contributed by atoms with E-state index in [9.17, 15) is 5.21 Å². The van der Waals surface area contributed by atoms with Crippen molar-refractivity contribution < 1.29 is 9.48 Å². The first kappa shape index (κ1) is 14.3. The molecule has 1 aliphatic carbocycles. The molecule has 0 amide bonds. The van der Waals surface area contributed by atoms with Crippen LogP contribution in [0.25, 0.3) is 0 Å². The third-order valence-electron chi connectivity index (χ3n) is 4.33. The van der Waals surface area contributed by atoms with Gasteiger partial charge in [-0.15, -0.1) is 0 Å². The van der Waals surface area contributed by atoms with Gasteiger partial charge >= 0.3 is 0 Å². The second-order valence-corrected chi connectivity index (χ2v) is 5.80. The van der Waals surface area contributed by atoms with Crippen LogP contribution in [0.4, 0.5) is 5.82 Å². The standard InChI is InChI=1S/C16H23N3O2/c20-19(15-6-2-1-3-7-15)13-14-5-4-8-17-16(14)18-9-11-21-12-10-18/h4-5,8,13,15H,1-3,6-7,9-12H2. The number of hydrogen-bond acceptors (Lipinski definition) is 4. The molecule has 1 aromatic heterocycles. The highest BCUT2D eigenvalue weighted by atomic mass is 16.5. The van der Waals surface area contributed by atoms with Crippen LogP contribution in [0, 0.1) is 5.21 Å². The Morgan fingerprint density at radius 2 is 2.00 bits per heavy atom. The van der Waals surface area contributed by atoms with Crippen molar-refractivity contribution in [3.63, 3.8) is 0 Å². The normalized spacial score (nSPS) is 21.5. The van der Waals surface area contributed by atoms with Gasteiger partial charge in [0.25, 0.3) is 0 Å². The minimum atomic E-state index is 0.136. The van der Waals surface area contributed by atoms with Gasteiger partial charge in [-0.2, -0.15) is 0 Å². The van der Waals surface area contributed by atoms with Crippen LogP contribution in [-0.4, -0.2) is 48.3 Å². The molecule has 1 saturated carbocycles. The van der Waals surface area contributed by atoms with Gasteiger partial charge in [-0.25, -0.2) is 9.72 Å². The number of hydroxylamine groups is 1. The van der Waals surface area contributed by atoms with Gasteiger partial charge < -0.3 is 14.8 Å². The molecule has 21 heavy (non-hydrogen) atoms. The van der Waals surface area contributed by atoms with Crippen molar-refractivity contribution >= 4 is 12.0 Å². The van der Waals surface area contributed by atoms with Crippen molar-refractivity contribution in [2.75, 3.05) is 31.2 Å². The second-order valence-electron chi connectivity index (χ2n) is 5.80. The summed E-state index contributed by atoms with van der Waals surface area (Å²) in [5.41, 5.74) is 0.917. The molecule has 1 aromatic rings. The Kier molecular flexibility index (Phi) is 4.70. The van der Waals surface area contributed by atoms with Crippen LogP contribution >= 0.6 is 0 Å². The van der Waals surface area contributed by atoms with E-state index >= 15 is 0 Å². The highest BCUT2D eigenvalue weighted by Crippen LogP contribution is 2.21. The van der Waals surface area contributed by atoms with E-state index in [2.05, 4.69) is 9.88 Å². The smallest absolute Gasteiger partial charge is 0.185 e. The largest absolute Gasteiger partial charge is 0.624 e. The zero-order chi connectivity index (χ0) is 14.5. The lowest BCUT2D eigenvalue weighted by atomic mass is 9.96. The molecule has 5 nitrogen and oxygen atoms in total. The number of hydrogen-bond donors (Lipinski definition) is 0. The molecule has 0 aromatic carbocycles. The Balaban J connectivity index is 1.80. The Hall–Kier alpha value is -1.62. The number of anilines is 1. The highest BCUT2D eigenvalue weighted by Gasteiger charge is 2.21. The molecule has 1 saturated heterocycles. The second kappa shape index (κ2) is 6.89. The van der Waals surface area contributed by atoms with Crippen LogP contribution in [0.2, 0.25) is 0 Å². The van der Waals surface area contributed by atoms with Crippen LogP contribution in [0.5, 0.6) is 0 Å². The summed E-state index contributed by atoms with van der Waals surface area (Å²) >= 11 is 0. The van der Waals surface area contributed by atoms with Gasteiger partial charge in [0, 0.05) is 32.1 Å². The summed E-state index contributed by atoms with van der Waals surface area (Å²) in [4.78, 5) is 6.67. The summed E-state index contributed by atoms with van der Waals surface area (Å²) in [6.45, 7) is 3.11. The van der Waals surface area contributed by atoms with Crippen LogP contribution in [0.15, 0.2) is 18.3 Å². The molecule has 2 heterocycles. The summed E-state index contributed by atoms with van der Waals surface area (Å²) < 4.78 is 6.54. The number of nitrogens with zero attached hydrogens (tertiary/aromatic N) is 3. The van der Waals surface area contributed by atoms with Gasteiger partial charge in [0.15, 0.2) is 12.3 Å². The first-order valence-corrected chi connectivity index (χ1v) is 7.92. The van der Waals surface area contributed by atoms with Crippen LogP contribution in [0.1, 0.15) is 37.7 Å².